The molecule has 2 fully saturated rings. The smallest absolute Gasteiger partial charge is 0.220 e. The number of amides is 1. The lowest BCUT2D eigenvalue weighted by Gasteiger charge is -2.22. The summed E-state index contributed by atoms with van der Waals surface area (Å²) in [5.41, 5.74) is 0. The molecular weight excluding hydrogens is 204 g/mol. The molecule has 4 nitrogen and oxygen atoms in total. The summed E-state index contributed by atoms with van der Waals surface area (Å²) in [5, 5.41) is 15.8. The van der Waals surface area contributed by atoms with E-state index in [2.05, 4.69) is 10.6 Å². The van der Waals surface area contributed by atoms with Crippen molar-refractivity contribution < 1.29 is 9.90 Å². The average molecular weight is 226 g/mol. The van der Waals surface area contributed by atoms with Gasteiger partial charge in [-0.05, 0) is 50.6 Å². The number of aliphatic hydroxyl groups excluding tert-OH is 1. The molecular formula is C12H22N2O2. The van der Waals surface area contributed by atoms with Crippen molar-refractivity contribution >= 4 is 5.91 Å². The second kappa shape index (κ2) is 5.64. The van der Waals surface area contributed by atoms with Gasteiger partial charge in [-0.25, -0.2) is 0 Å². The van der Waals surface area contributed by atoms with Crippen molar-refractivity contribution in [1.82, 2.24) is 10.6 Å². The first-order valence-electron chi connectivity index (χ1n) is 6.41. The monoisotopic (exact) mass is 226 g/mol. The predicted octanol–water partition coefficient (Wildman–Crippen LogP) is 0.263. The van der Waals surface area contributed by atoms with Gasteiger partial charge in [0.05, 0.1) is 6.10 Å². The van der Waals surface area contributed by atoms with Crippen LogP contribution in [-0.4, -0.2) is 36.8 Å². The van der Waals surface area contributed by atoms with Gasteiger partial charge in [-0.3, -0.25) is 4.79 Å². The zero-order valence-corrected chi connectivity index (χ0v) is 9.74. The van der Waals surface area contributed by atoms with Crippen LogP contribution >= 0.6 is 0 Å². The van der Waals surface area contributed by atoms with Crippen molar-refractivity contribution in [2.75, 3.05) is 19.6 Å². The van der Waals surface area contributed by atoms with Crippen LogP contribution in [0.5, 0.6) is 0 Å². The van der Waals surface area contributed by atoms with Gasteiger partial charge in [0.15, 0.2) is 0 Å². The highest BCUT2D eigenvalue weighted by Crippen LogP contribution is 2.32. The number of aliphatic hydroxyl groups is 1. The van der Waals surface area contributed by atoms with Crippen LogP contribution in [0.4, 0.5) is 0 Å². The number of carbonyl (C=O) groups excluding carboxylic acids is 1. The van der Waals surface area contributed by atoms with Gasteiger partial charge in [0.25, 0.3) is 0 Å². The Labute approximate surface area is 96.8 Å². The fourth-order valence-corrected chi connectivity index (χ4v) is 2.29. The average Bonchev–Trinajstić information content (AvgIpc) is 3.11. The maximum Gasteiger partial charge on any atom is 0.220 e. The van der Waals surface area contributed by atoms with Crippen LogP contribution in [0.15, 0.2) is 0 Å². The largest absolute Gasteiger partial charge is 0.391 e. The van der Waals surface area contributed by atoms with E-state index < -0.39 is 0 Å². The summed E-state index contributed by atoms with van der Waals surface area (Å²) in [7, 11) is 0. The molecule has 4 heteroatoms. The molecule has 0 aromatic rings. The number of piperidine rings is 1. The lowest BCUT2D eigenvalue weighted by molar-refractivity contribution is -0.122. The van der Waals surface area contributed by atoms with Crippen LogP contribution in [0.1, 0.15) is 32.1 Å². The first-order chi connectivity index (χ1) is 7.75. The van der Waals surface area contributed by atoms with E-state index in [-0.39, 0.29) is 12.0 Å². The van der Waals surface area contributed by atoms with Gasteiger partial charge in [0.1, 0.15) is 0 Å². The minimum atomic E-state index is -0.322. The second-order valence-corrected chi connectivity index (χ2v) is 5.11. The molecule has 1 heterocycles. The molecule has 0 radical (unpaired) electrons. The minimum absolute atomic E-state index is 0.103. The summed E-state index contributed by atoms with van der Waals surface area (Å²) in [6, 6.07) is 0. The van der Waals surface area contributed by atoms with Crippen molar-refractivity contribution in [2.24, 2.45) is 11.8 Å². The van der Waals surface area contributed by atoms with E-state index in [9.17, 15) is 9.90 Å². The normalized spacial score (nSPS) is 24.1. The summed E-state index contributed by atoms with van der Waals surface area (Å²) in [5.74, 6) is 1.07. The maximum atomic E-state index is 11.6. The van der Waals surface area contributed by atoms with Crippen molar-refractivity contribution in [3.63, 3.8) is 0 Å². The number of nitrogens with one attached hydrogen (secondary N) is 2. The highest BCUT2D eigenvalue weighted by molar-refractivity contribution is 5.76. The highest BCUT2D eigenvalue weighted by atomic mass is 16.3. The van der Waals surface area contributed by atoms with Crippen molar-refractivity contribution in [3.8, 4) is 0 Å². The number of rotatable bonds is 5. The molecule has 1 saturated heterocycles. The van der Waals surface area contributed by atoms with E-state index in [0.29, 0.717) is 24.8 Å². The molecule has 1 amide bonds. The summed E-state index contributed by atoms with van der Waals surface area (Å²) < 4.78 is 0. The molecule has 16 heavy (non-hydrogen) atoms. The van der Waals surface area contributed by atoms with Gasteiger partial charge in [0, 0.05) is 13.0 Å². The van der Waals surface area contributed by atoms with E-state index in [0.717, 1.165) is 38.8 Å². The van der Waals surface area contributed by atoms with Crippen molar-refractivity contribution in [2.45, 2.75) is 38.2 Å². The highest BCUT2D eigenvalue weighted by Gasteiger charge is 2.29. The Morgan fingerprint density at radius 3 is 2.62 bits per heavy atom. The molecule has 2 rings (SSSR count). The fraction of sp³-hybridized carbons (Fsp3) is 0.917. The third-order valence-electron chi connectivity index (χ3n) is 3.61. The van der Waals surface area contributed by atoms with Crippen LogP contribution in [-0.2, 0) is 4.79 Å². The Kier molecular flexibility index (Phi) is 4.18. The van der Waals surface area contributed by atoms with Crippen LogP contribution in [0.2, 0.25) is 0 Å². The Bertz CT molecular complexity index is 235. The fourth-order valence-electron chi connectivity index (χ4n) is 2.29. The van der Waals surface area contributed by atoms with Gasteiger partial charge < -0.3 is 15.7 Å². The molecule has 1 saturated carbocycles. The van der Waals surface area contributed by atoms with Gasteiger partial charge >= 0.3 is 0 Å². The molecule has 92 valence electrons. The first-order valence-corrected chi connectivity index (χ1v) is 6.41. The summed E-state index contributed by atoms with van der Waals surface area (Å²) in [6.07, 6.45) is 4.73. The molecule has 1 atom stereocenters. The molecule has 0 aromatic carbocycles. The number of carbonyl (C=O) groups is 1. The SMILES string of the molecule is O=C(CC1CCNCC1)NCC(O)C1CC1. The van der Waals surface area contributed by atoms with E-state index in [1.807, 2.05) is 0 Å². The number of hydrogen-bond donors (Lipinski definition) is 3. The Hall–Kier alpha value is -0.610. The second-order valence-electron chi connectivity index (χ2n) is 5.11. The van der Waals surface area contributed by atoms with E-state index in [1.165, 1.54) is 0 Å². The third-order valence-corrected chi connectivity index (χ3v) is 3.61. The van der Waals surface area contributed by atoms with Gasteiger partial charge in [-0.1, -0.05) is 0 Å². The Morgan fingerprint density at radius 1 is 1.31 bits per heavy atom. The van der Waals surface area contributed by atoms with Gasteiger partial charge in [-0.15, -0.1) is 0 Å². The lowest BCUT2D eigenvalue weighted by Crippen LogP contribution is -2.36. The van der Waals surface area contributed by atoms with Crippen LogP contribution in [0, 0.1) is 11.8 Å². The van der Waals surface area contributed by atoms with Crippen molar-refractivity contribution in [1.29, 1.82) is 0 Å². The Morgan fingerprint density at radius 2 is 2.00 bits per heavy atom. The topological polar surface area (TPSA) is 61.4 Å². The summed E-state index contributed by atoms with van der Waals surface area (Å²) in [4.78, 5) is 11.6. The molecule has 2 aliphatic rings. The molecule has 0 bridgehead atoms. The molecule has 0 aromatic heterocycles. The lowest BCUT2D eigenvalue weighted by atomic mass is 9.94. The maximum absolute atomic E-state index is 11.6. The van der Waals surface area contributed by atoms with Crippen LogP contribution in [0.25, 0.3) is 0 Å². The standard InChI is InChI=1S/C12H22N2O2/c15-11(10-1-2-10)8-14-12(16)7-9-3-5-13-6-4-9/h9-11,13,15H,1-8H2,(H,14,16). The van der Waals surface area contributed by atoms with Crippen LogP contribution in [0.3, 0.4) is 0 Å². The van der Waals surface area contributed by atoms with E-state index >= 15 is 0 Å². The van der Waals surface area contributed by atoms with Gasteiger partial charge in [0.2, 0.25) is 5.91 Å². The molecule has 1 aliphatic carbocycles. The molecule has 3 N–H and O–H groups in total. The zero-order valence-electron chi connectivity index (χ0n) is 9.74. The molecule has 1 aliphatic heterocycles. The zero-order chi connectivity index (χ0) is 11.4. The minimum Gasteiger partial charge on any atom is -0.391 e. The summed E-state index contributed by atoms with van der Waals surface area (Å²) >= 11 is 0. The quantitative estimate of drug-likeness (QED) is 0.630. The Balaban J connectivity index is 1.59. The van der Waals surface area contributed by atoms with Crippen molar-refractivity contribution in [3.05, 3.63) is 0 Å². The first kappa shape index (κ1) is 11.9. The predicted molar refractivity (Wildman–Crippen MR) is 62.0 cm³/mol. The third kappa shape index (κ3) is 3.76. The van der Waals surface area contributed by atoms with E-state index in [4.69, 9.17) is 0 Å². The van der Waals surface area contributed by atoms with Crippen LogP contribution < -0.4 is 10.6 Å². The number of hydrogen-bond acceptors (Lipinski definition) is 3. The molecule has 1 unspecified atom stereocenters. The van der Waals surface area contributed by atoms with E-state index in [1.54, 1.807) is 0 Å². The summed E-state index contributed by atoms with van der Waals surface area (Å²) in [6.45, 7) is 2.50. The van der Waals surface area contributed by atoms with Gasteiger partial charge in [-0.2, -0.15) is 0 Å². The molecule has 0 spiro atoms.